The molecule has 0 bridgehead atoms. The first kappa shape index (κ1) is 26.2. The highest BCUT2D eigenvalue weighted by Crippen LogP contribution is 2.28. The van der Waals surface area contributed by atoms with E-state index in [1.165, 1.54) is 5.69 Å². The number of hydrogen-bond donors (Lipinski definition) is 3. The van der Waals surface area contributed by atoms with Crippen LogP contribution in [0.2, 0.25) is 0 Å². The van der Waals surface area contributed by atoms with Crippen molar-refractivity contribution in [3.8, 4) is 17.1 Å². The number of benzene rings is 1. The summed E-state index contributed by atoms with van der Waals surface area (Å²) in [5.41, 5.74) is 3.87. The Morgan fingerprint density at radius 1 is 1.19 bits per heavy atom. The number of fused-ring (bicyclic) bond motifs is 1. The Kier molecular flexibility index (Phi) is 7.81. The third kappa shape index (κ3) is 6.47. The van der Waals surface area contributed by atoms with E-state index in [0.29, 0.717) is 18.8 Å². The molecule has 4 heterocycles. The van der Waals surface area contributed by atoms with Crippen molar-refractivity contribution in [2.45, 2.75) is 25.6 Å². The molecule has 2 aliphatic heterocycles. The minimum absolute atomic E-state index is 0.0798. The average molecular weight is 521 g/mol. The van der Waals surface area contributed by atoms with Gasteiger partial charge in [-0.1, -0.05) is 12.1 Å². The van der Waals surface area contributed by atoms with Crippen molar-refractivity contribution in [2.75, 3.05) is 37.6 Å². The lowest BCUT2D eigenvalue weighted by molar-refractivity contribution is -0.192. The highest BCUT2D eigenvalue weighted by atomic mass is 19.4. The van der Waals surface area contributed by atoms with Crippen LogP contribution in [0, 0.1) is 5.92 Å². The second kappa shape index (κ2) is 11.0. The van der Waals surface area contributed by atoms with E-state index in [-0.39, 0.29) is 17.9 Å². The number of carboxylic acids is 1. The van der Waals surface area contributed by atoms with Crippen LogP contribution < -0.4 is 20.3 Å². The third-order valence-electron chi connectivity index (χ3n) is 6.21. The predicted molar refractivity (Wildman–Crippen MR) is 128 cm³/mol. The summed E-state index contributed by atoms with van der Waals surface area (Å²) in [5.74, 6) is -1.99. The van der Waals surface area contributed by atoms with Gasteiger partial charge in [0.05, 0.1) is 18.1 Å². The first-order valence-electron chi connectivity index (χ1n) is 11.8. The SMILES string of the molecule is C[C@@H](Oc1nc(-c2ccc(N3CCNCC3)cc2)cn2nccc12)C1CNC(=O)C1.O=C(O)C(F)(F)F. The predicted octanol–water partition coefficient (Wildman–Crippen LogP) is 2.34. The molecule has 1 amide bonds. The molecule has 0 spiro atoms. The number of amides is 1. The van der Waals surface area contributed by atoms with Crippen LogP contribution in [-0.2, 0) is 9.59 Å². The fraction of sp³-hybridized carbons (Fsp3) is 0.417. The molecular formula is C24H27F3N6O4. The maximum atomic E-state index is 11.6. The van der Waals surface area contributed by atoms with Crippen molar-refractivity contribution < 1.29 is 32.6 Å². The number of piperazine rings is 1. The second-order valence-corrected chi connectivity index (χ2v) is 8.77. The molecule has 198 valence electrons. The summed E-state index contributed by atoms with van der Waals surface area (Å²) in [6.45, 7) is 6.70. The number of aliphatic carboxylic acids is 1. The molecule has 2 saturated heterocycles. The van der Waals surface area contributed by atoms with E-state index in [1.807, 2.05) is 19.2 Å². The van der Waals surface area contributed by atoms with Crippen LogP contribution in [0.1, 0.15) is 13.3 Å². The lowest BCUT2D eigenvalue weighted by atomic mass is 10.0. The lowest BCUT2D eigenvalue weighted by Crippen LogP contribution is -2.43. The molecule has 2 aromatic heterocycles. The van der Waals surface area contributed by atoms with Crippen molar-refractivity contribution in [3.05, 3.63) is 42.7 Å². The van der Waals surface area contributed by atoms with E-state index < -0.39 is 12.1 Å². The zero-order valence-electron chi connectivity index (χ0n) is 20.0. The molecule has 2 aliphatic rings. The van der Waals surface area contributed by atoms with Crippen molar-refractivity contribution in [1.29, 1.82) is 0 Å². The monoisotopic (exact) mass is 520 g/mol. The molecular weight excluding hydrogens is 493 g/mol. The normalized spacial score (nSPS) is 18.6. The Bertz CT molecular complexity index is 1240. The van der Waals surface area contributed by atoms with Crippen molar-refractivity contribution in [1.82, 2.24) is 25.2 Å². The smallest absolute Gasteiger partial charge is 0.475 e. The number of ether oxygens (including phenoxy) is 1. The van der Waals surface area contributed by atoms with Crippen molar-refractivity contribution in [2.24, 2.45) is 5.92 Å². The minimum Gasteiger partial charge on any atom is -0.475 e. The van der Waals surface area contributed by atoms with Crippen LogP contribution in [0.4, 0.5) is 18.9 Å². The molecule has 37 heavy (non-hydrogen) atoms. The fourth-order valence-corrected chi connectivity index (χ4v) is 4.12. The molecule has 2 atom stereocenters. The summed E-state index contributed by atoms with van der Waals surface area (Å²) in [5, 5.41) is 17.8. The van der Waals surface area contributed by atoms with Gasteiger partial charge in [-0.05, 0) is 25.1 Å². The fourth-order valence-electron chi connectivity index (χ4n) is 4.12. The maximum Gasteiger partial charge on any atom is 0.490 e. The van der Waals surface area contributed by atoms with E-state index in [0.717, 1.165) is 43.0 Å². The number of carbonyl (C=O) groups is 2. The first-order chi connectivity index (χ1) is 17.6. The number of aromatic nitrogens is 3. The molecule has 0 aliphatic carbocycles. The summed E-state index contributed by atoms with van der Waals surface area (Å²) in [6, 6.07) is 10.4. The molecule has 5 rings (SSSR count). The second-order valence-electron chi connectivity index (χ2n) is 8.77. The first-order valence-corrected chi connectivity index (χ1v) is 11.8. The molecule has 10 nitrogen and oxygen atoms in total. The number of anilines is 1. The van der Waals surface area contributed by atoms with Gasteiger partial charge < -0.3 is 25.4 Å². The highest BCUT2D eigenvalue weighted by molar-refractivity contribution is 5.78. The summed E-state index contributed by atoms with van der Waals surface area (Å²) in [6.07, 6.45) is -1.05. The van der Waals surface area contributed by atoms with Crippen LogP contribution >= 0.6 is 0 Å². The Morgan fingerprint density at radius 3 is 2.46 bits per heavy atom. The number of nitrogens with one attached hydrogen (secondary N) is 2. The largest absolute Gasteiger partial charge is 0.490 e. The Hall–Kier alpha value is -3.87. The van der Waals surface area contributed by atoms with Crippen LogP contribution in [0.3, 0.4) is 0 Å². The summed E-state index contributed by atoms with van der Waals surface area (Å²) in [7, 11) is 0. The number of hydrogen-bond acceptors (Lipinski definition) is 7. The number of carboxylic acid groups (broad SMARTS) is 1. The minimum atomic E-state index is -5.08. The zero-order valence-corrected chi connectivity index (χ0v) is 20.0. The molecule has 1 unspecified atom stereocenters. The average Bonchev–Trinajstić information content (AvgIpc) is 3.54. The molecule has 3 N–H and O–H groups in total. The van der Waals surface area contributed by atoms with Crippen LogP contribution in [0.15, 0.2) is 42.7 Å². The molecule has 2 fully saturated rings. The van der Waals surface area contributed by atoms with E-state index in [4.69, 9.17) is 19.6 Å². The summed E-state index contributed by atoms with van der Waals surface area (Å²) in [4.78, 5) is 27.6. The van der Waals surface area contributed by atoms with Gasteiger partial charge in [-0.2, -0.15) is 18.3 Å². The Labute approximate surface area is 210 Å². The number of rotatable bonds is 5. The van der Waals surface area contributed by atoms with Gasteiger partial charge in [-0.25, -0.2) is 14.3 Å². The lowest BCUT2D eigenvalue weighted by Gasteiger charge is -2.29. The van der Waals surface area contributed by atoms with Crippen molar-refractivity contribution in [3.63, 3.8) is 0 Å². The van der Waals surface area contributed by atoms with Crippen LogP contribution in [0.5, 0.6) is 5.88 Å². The van der Waals surface area contributed by atoms with Gasteiger partial charge in [0.25, 0.3) is 0 Å². The van der Waals surface area contributed by atoms with E-state index in [2.05, 4.69) is 44.9 Å². The van der Waals surface area contributed by atoms with Gasteiger partial charge in [-0.3, -0.25) is 4.79 Å². The Balaban J connectivity index is 0.000000405. The van der Waals surface area contributed by atoms with Crippen molar-refractivity contribution >= 4 is 23.1 Å². The van der Waals surface area contributed by atoms with Gasteiger partial charge in [0.2, 0.25) is 11.8 Å². The van der Waals surface area contributed by atoms with Gasteiger partial charge in [0.1, 0.15) is 11.6 Å². The number of halogens is 3. The molecule has 0 radical (unpaired) electrons. The summed E-state index contributed by atoms with van der Waals surface area (Å²) < 4.78 is 39.8. The molecule has 3 aromatic rings. The zero-order chi connectivity index (χ0) is 26.6. The van der Waals surface area contributed by atoms with Gasteiger partial charge in [0.15, 0.2) is 0 Å². The number of carbonyl (C=O) groups excluding carboxylic acids is 1. The topological polar surface area (TPSA) is 121 Å². The van der Waals surface area contributed by atoms with E-state index >= 15 is 0 Å². The molecule has 1 aromatic carbocycles. The number of nitrogens with zero attached hydrogens (tertiary/aromatic N) is 4. The maximum absolute atomic E-state index is 11.6. The highest BCUT2D eigenvalue weighted by Gasteiger charge is 2.38. The van der Waals surface area contributed by atoms with Gasteiger partial charge in [0, 0.05) is 56.3 Å². The van der Waals surface area contributed by atoms with Gasteiger partial charge >= 0.3 is 12.1 Å². The molecule has 0 saturated carbocycles. The van der Waals surface area contributed by atoms with E-state index in [1.54, 1.807) is 10.7 Å². The quantitative estimate of drug-likeness (QED) is 0.469. The number of alkyl halides is 3. The molecule has 13 heteroatoms. The standard InChI is InChI=1S/C22H26N6O2.C2HF3O2/c1-15(17-12-21(29)24-13-17)30-22-20-6-7-25-28(20)14-19(26-22)16-2-4-18(5-3-16)27-10-8-23-9-11-27;3-2(4,5)1(6)7/h2-7,14-15,17,23H,8-13H2,1H3,(H,24,29);(H,6,7)/t15-,17?;/m1./s1. The van der Waals surface area contributed by atoms with E-state index in [9.17, 15) is 18.0 Å². The van der Waals surface area contributed by atoms with Crippen LogP contribution in [0.25, 0.3) is 16.8 Å². The van der Waals surface area contributed by atoms with Gasteiger partial charge in [-0.15, -0.1) is 0 Å². The third-order valence-corrected chi connectivity index (χ3v) is 6.21. The Morgan fingerprint density at radius 2 is 1.86 bits per heavy atom. The van der Waals surface area contributed by atoms with Crippen LogP contribution in [-0.4, -0.2) is 76.6 Å². The summed E-state index contributed by atoms with van der Waals surface area (Å²) >= 11 is 0.